The molecule has 0 bridgehead atoms. The molecule has 0 N–H and O–H groups in total. The van der Waals surface area contributed by atoms with Crippen molar-refractivity contribution >= 4 is 11.5 Å². The highest BCUT2D eigenvalue weighted by Crippen LogP contribution is 2.11. The first-order valence-electron chi connectivity index (χ1n) is 5.14. The van der Waals surface area contributed by atoms with Crippen molar-refractivity contribution in [3.8, 4) is 5.69 Å². The van der Waals surface area contributed by atoms with Gasteiger partial charge in [-0.05, 0) is 39.7 Å². The Morgan fingerprint density at radius 3 is 2.82 bits per heavy atom. The lowest BCUT2D eigenvalue weighted by Gasteiger charge is -2.02. The van der Waals surface area contributed by atoms with E-state index in [1.807, 2.05) is 41.9 Å². The van der Waals surface area contributed by atoms with Gasteiger partial charge in [-0.3, -0.25) is 0 Å². The number of aromatic nitrogens is 5. The maximum Gasteiger partial charge on any atom is 0.161 e. The highest BCUT2D eigenvalue weighted by molar-refractivity contribution is 7.03. The lowest BCUT2D eigenvalue weighted by molar-refractivity contribution is 0.771. The van der Waals surface area contributed by atoms with Crippen molar-refractivity contribution in [3.63, 3.8) is 0 Å². The SMILES string of the molecule is c1ccc(-n2nnnc2Cc2cnsc2)cc1. The van der Waals surface area contributed by atoms with Crippen LogP contribution in [0.4, 0.5) is 0 Å². The number of benzene rings is 1. The smallest absolute Gasteiger partial charge is 0.161 e. The molecule has 0 aliphatic rings. The summed E-state index contributed by atoms with van der Waals surface area (Å²) in [6, 6.07) is 9.85. The van der Waals surface area contributed by atoms with Gasteiger partial charge < -0.3 is 0 Å². The van der Waals surface area contributed by atoms with Gasteiger partial charge in [-0.25, -0.2) is 4.37 Å². The van der Waals surface area contributed by atoms with Crippen LogP contribution in [-0.2, 0) is 6.42 Å². The predicted octanol–water partition coefficient (Wildman–Crippen LogP) is 1.71. The molecule has 0 amide bonds. The van der Waals surface area contributed by atoms with Gasteiger partial charge in [0, 0.05) is 18.0 Å². The summed E-state index contributed by atoms with van der Waals surface area (Å²) in [5.41, 5.74) is 2.10. The molecule has 3 rings (SSSR count). The number of tetrazole rings is 1. The van der Waals surface area contributed by atoms with Crippen molar-refractivity contribution in [2.75, 3.05) is 0 Å². The monoisotopic (exact) mass is 243 g/mol. The molecule has 1 aromatic carbocycles. The van der Waals surface area contributed by atoms with Crippen molar-refractivity contribution in [1.82, 2.24) is 24.6 Å². The molecule has 0 radical (unpaired) electrons. The van der Waals surface area contributed by atoms with Crippen LogP contribution in [0.2, 0.25) is 0 Å². The quantitative estimate of drug-likeness (QED) is 0.702. The van der Waals surface area contributed by atoms with Crippen LogP contribution in [0.3, 0.4) is 0 Å². The van der Waals surface area contributed by atoms with Crippen LogP contribution in [-0.4, -0.2) is 24.6 Å². The van der Waals surface area contributed by atoms with E-state index in [1.165, 1.54) is 11.5 Å². The van der Waals surface area contributed by atoms with Gasteiger partial charge in [0.2, 0.25) is 0 Å². The molecule has 0 unspecified atom stereocenters. The first kappa shape index (κ1) is 10.1. The van der Waals surface area contributed by atoms with Crippen LogP contribution < -0.4 is 0 Å². The molecular weight excluding hydrogens is 234 g/mol. The number of para-hydroxylation sites is 1. The minimum Gasteiger partial charge on any atom is -0.201 e. The topological polar surface area (TPSA) is 56.5 Å². The van der Waals surface area contributed by atoms with Crippen LogP contribution in [0.15, 0.2) is 41.9 Å². The molecule has 2 aromatic heterocycles. The largest absolute Gasteiger partial charge is 0.201 e. The third-order valence-electron chi connectivity index (χ3n) is 2.38. The lowest BCUT2D eigenvalue weighted by atomic mass is 10.2. The summed E-state index contributed by atoms with van der Waals surface area (Å²) in [4.78, 5) is 0. The van der Waals surface area contributed by atoms with Gasteiger partial charge in [0.15, 0.2) is 5.82 Å². The highest BCUT2D eigenvalue weighted by atomic mass is 32.1. The molecule has 3 aromatic rings. The summed E-state index contributed by atoms with van der Waals surface area (Å²) in [6.07, 6.45) is 2.53. The third-order valence-corrected chi connectivity index (χ3v) is 3.02. The summed E-state index contributed by atoms with van der Waals surface area (Å²) < 4.78 is 5.82. The predicted molar refractivity (Wildman–Crippen MR) is 64.1 cm³/mol. The Morgan fingerprint density at radius 1 is 1.18 bits per heavy atom. The van der Waals surface area contributed by atoms with Crippen molar-refractivity contribution < 1.29 is 0 Å². The fourth-order valence-corrected chi connectivity index (χ4v) is 2.12. The first-order valence-corrected chi connectivity index (χ1v) is 5.98. The zero-order valence-electron chi connectivity index (χ0n) is 8.89. The van der Waals surface area contributed by atoms with Crippen molar-refractivity contribution in [2.24, 2.45) is 0 Å². The van der Waals surface area contributed by atoms with Gasteiger partial charge in [0.1, 0.15) is 0 Å². The molecule has 0 spiro atoms. The van der Waals surface area contributed by atoms with E-state index in [4.69, 9.17) is 0 Å². The Labute approximate surface area is 102 Å². The number of hydrogen-bond acceptors (Lipinski definition) is 5. The fraction of sp³-hybridized carbons (Fsp3) is 0.0909. The van der Waals surface area contributed by atoms with Gasteiger partial charge in [-0.2, -0.15) is 4.68 Å². The summed E-state index contributed by atoms with van der Waals surface area (Å²) >= 11 is 1.44. The summed E-state index contributed by atoms with van der Waals surface area (Å²) in [5.74, 6) is 0.816. The van der Waals surface area contributed by atoms with Crippen LogP contribution >= 0.6 is 11.5 Å². The molecule has 5 nitrogen and oxygen atoms in total. The number of rotatable bonds is 3. The average Bonchev–Trinajstić information content (AvgIpc) is 3.02. The fourth-order valence-electron chi connectivity index (χ4n) is 1.58. The summed E-state index contributed by atoms with van der Waals surface area (Å²) in [6.45, 7) is 0. The molecule has 0 aliphatic heterocycles. The molecule has 84 valence electrons. The van der Waals surface area contributed by atoms with Crippen molar-refractivity contribution in [3.05, 3.63) is 53.3 Å². The molecule has 0 aliphatic carbocycles. The van der Waals surface area contributed by atoms with Crippen LogP contribution in [0.5, 0.6) is 0 Å². The second-order valence-corrected chi connectivity index (χ2v) is 4.21. The van der Waals surface area contributed by atoms with E-state index < -0.39 is 0 Å². The van der Waals surface area contributed by atoms with Gasteiger partial charge in [-0.1, -0.05) is 18.2 Å². The van der Waals surface area contributed by atoms with E-state index in [1.54, 1.807) is 4.68 Å². The molecule has 0 fully saturated rings. The Kier molecular flexibility index (Phi) is 2.63. The van der Waals surface area contributed by atoms with E-state index in [2.05, 4.69) is 19.9 Å². The van der Waals surface area contributed by atoms with Crippen molar-refractivity contribution in [1.29, 1.82) is 0 Å². The second-order valence-electron chi connectivity index (χ2n) is 3.55. The van der Waals surface area contributed by atoms with E-state index in [0.717, 1.165) is 17.1 Å². The standard InChI is InChI=1S/C11H9N5S/c1-2-4-10(5-3-1)16-11(13-14-15-16)6-9-7-12-17-8-9/h1-5,7-8H,6H2. The normalized spacial score (nSPS) is 10.6. The zero-order valence-corrected chi connectivity index (χ0v) is 9.71. The maximum absolute atomic E-state index is 4.07. The molecule has 6 heteroatoms. The van der Waals surface area contributed by atoms with E-state index in [0.29, 0.717) is 6.42 Å². The first-order chi connectivity index (χ1) is 8.43. The minimum atomic E-state index is 0.693. The molecule has 17 heavy (non-hydrogen) atoms. The summed E-state index contributed by atoms with van der Waals surface area (Å²) in [7, 11) is 0. The molecule has 2 heterocycles. The Hall–Kier alpha value is -2.08. The summed E-state index contributed by atoms with van der Waals surface area (Å²) in [5, 5.41) is 13.8. The van der Waals surface area contributed by atoms with Gasteiger partial charge in [0.05, 0.1) is 5.69 Å². The highest BCUT2D eigenvalue weighted by Gasteiger charge is 2.08. The Bertz CT molecular complexity index is 587. The second kappa shape index (κ2) is 4.42. The molecule has 0 saturated carbocycles. The Morgan fingerprint density at radius 2 is 2.06 bits per heavy atom. The molecule has 0 saturated heterocycles. The third kappa shape index (κ3) is 2.07. The van der Waals surface area contributed by atoms with E-state index >= 15 is 0 Å². The van der Waals surface area contributed by atoms with Gasteiger partial charge in [-0.15, -0.1) is 5.10 Å². The number of hydrogen-bond donors (Lipinski definition) is 0. The van der Waals surface area contributed by atoms with E-state index in [-0.39, 0.29) is 0 Å². The molecular formula is C11H9N5S. The van der Waals surface area contributed by atoms with Crippen molar-refractivity contribution in [2.45, 2.75) is 6.42 Å². The zero-order chi connectivity index (χ0) is 11.5. The van der Waals surface area contributed by atoms with E-state index in [9.17, 15) is 0 Å². The van der Waals surface area contributed by atoms with Gasteiger partial charge >= 0.3 is 0 Å². The maximum atomic E-state index is 4.07. The number of nitrogens with zero attached hydrogens (tertiary/aromatic N) is 5. The van der Waals surface area contributed by atoms with Crippen LogP contribution in [0, 0.1) is 0 Å². The average molecular weight is 243 g/mol. The van der Waals surface area contributed by atoms with Gasteiger partial charge in [0.25, 0.3) is 0 Å². The lowest BCUT2D eigenvalue weighted by Crippen LogP contribution is -2.03. The minimum absolute atomic E-state index is 0.693. The van der Waals surface area contributed by atoms with Crippen LogP contribution in [0.1, 0.15) is 11.4 Å². The van der Waals surface area contributed by atoms with Crippen LogP contribution in [0.25, 0.3) is 5.69 Å². The Balaban J connectivity index is 1.95. The molecule has 0 atom stereocenters.